The van der Waals surface area contributed by atoms with Gasteiger partial charge in [0.2, 0.25) is 0 Å². The molecule has 1 saturated heterocycles. The summed E-state index contributed by atoms with van der Waals surface area (Å²) in [5, 5.41) is 3.41. The average Bonchev–Trinajstić information content (AvgIpc) is 2.21. The molecular weight excluding hydrogens is 162 g/mol. The van der Waals surface area contributed by atoms with Crippen molar-refractivity contribution >= 4 is 0 Å². The molecule has 1 aliphatic heterocycles. The van der Waals surface area contributed by atoms with E-state index < -0.39 is 0 Å². The first kappa shape index (κ1) is 8.63. The van der Waals surface area contributed by atoms with Crippen LogP contribution < -0.4 is 5.32 Å². The normalized spacial score (nSPS) is 22.9. The summed E-state index contributed by atoms with van der Waals surface area (Å²) in [5.41, 5.74) is 1.12. The molecule has 3 heteroatoms. The minimum atomic E-state index is 0.755. The molecule has 0 spiro atoms. The molecule has 2 rings (SSSR count). The molecule has 0 amide bonds. The molecular formula is C10H15N3. The van der Waals surface area contributed by atoms with Gasteiger partial charge in [-0.3, -0.25) is 9.97 Å². The predicted octanol–water partition coefficient (Wildman–Crippen LogP) is 1.02. The maximum absolute atomic E-state index is 4.28. The van der Waals surface area contributed by atoms with Crippen LogP contribution in [0.3, 0.4) is 0 Å². The second kappa shape index (κ2) is 4.33. The van der Waals surface area contributed by atoms with Crippen molar-refractivity contribution in [3.63, 3.8) is 0 Å². The fourth-order valence-corrected chi connectivity index (χ4v) is 1.83. The molecule has 1 N–H and O–H groups in total. The van der Waals surface area contributed by atoms with Gasteiger partial charge >= 0.3 is 0 Å². The van der Waals surface area contributed by atoms with Gasteiger partial charge in [-0.1, -0.05) is 0 Å². The number of rotatable bonds is 2. The minimum absolute atomic E-state index is 0.755. The molecule has 2 heterocycles. The third-order valence-electron chi connectivity index (χ3n) is 2.51. The molecule has 0 bridgehead atoms. The zero-order chi connectivity index (χ0) is 8.93. The van der Waals surface area contributed by atoms with Gasteiger partial charge < -0.3 is 5.32 Å². The van der Waals surface area contributed by atoms with Gasteiger partial charge in [0.25, 0.3) is 0 Å². The number of aromatic nitrogens is 2. The number of hydrogen-bond donors (Lipinski definition) is 1. The highest BCUT2D eigenvalue weighted by atomic mass is 14.9. The Hall–Kier alpha value is -0.960. The largest absolute Gasteiger partial charge is 0.316 e. The molecule has 0 aromatic carbocycles. The lowest BCUT2D eigenvalue weighted by molar-refractivity contribution is 0.373. The van der Waals surface area contributed by atoms with Gasteiger partial charge in [-0.15, -0.1) is 0 Å². The smallest absolute Gasteiger partial charge is 0.0589 e. The van der Waals surface area contributed by atoms with Crippen LogP contribution in [-0.4, -0.2) is 23.1 Å². The van der Waals surface area contributed by atoms with Crippen LogP contribution in [0.5, 0.6) is 0 Å². The molecule has 13 heavy (non-hydrogen) atoms. The summed E-state index contributed by atoms with van der Waals surface area (Å²) in [6.45, 7) is 2.31. The van der Waals surface area contributed by atoms with E-state index in [0.717, 1.165) is 24.6 Å². The predicted molar refractivity (Wildman–Crippen MR) is 51.3 cm³/mol. The van der Waals surface area contributed by atoms with Crippen LogP contribution in [0.4, 0.5) is 0 Å². The maximum Gasteiger partial charge on any atom is 0.0589 e. The lowest BCUT2D eigenvalue weighted by Crippen LogP contribution is -2.31. The summed E-state index contributed by atoms with van der Waals surface area (Å²) >= 11 is 0. The monoisotopic (exact) mass is 177 g/mol. The van der Waals surface area contributed by atoms with Gasteiger partial charge in [-0.25, -0.2) is 0 Å². The molecule has 1 atom stereocenters. The average molecular weight is 177 g/mol. The minimum Gasteiger partial charge on any atom is -0.316 e. The van der Waals surface area contributed by atoms with Gasteiger partial charge in [0.05, 0.1) is 5.69 Å². The van der Waals surface area contributed by atoms with Gasteiger partial charge in [0.15, 0.2) is 0 Å². The molecule has 0 saturated carbocycles. The number of nitrogens with zero attached hydrogens (tertiary/aromatic N) is 2. The van der Waals surface area contributed by atoms with Crippen molar-refractivity contribution in [2.24, 2.45) is 5.92 Å². The third kappa shape index (κ3) is 2.49. The van der Waals surface area contributed by atoms with Crippen LogP contribution >= 0.6 is 0 Å². The lowest BCUT2D eigenvalue weighted by atomic mass is 9.95. The molecule has 0 aliphatic carbocycles. The quantitative estimate of drug-likeness (QED) is 0.733. The SMILES string of the molecule is c1cnc(CC2CCCNC2)cn1. The van der Waals surface area contributed by atoms with E-state index in [4.69, 9.17) is 0 Å². The maximum atomic E-state index is 4.28. The van der Waals surface area contributed by atoms with Crippen molar-refractivity contribution in [3.05, 3.63) is 24.3 Å². The Morgan fingerprint density at radius 3 is 3.15 bits per heavy atom. The van der Waals surface area contributed by atoms with Crippen LogP contribution in [0, 0.1) is 5.92 Å². The van der Waals surface area contributed by atoms with Gasteiger partial charge in [-0.2, -0.15) is 0 Å². The number of hydrogen-bond acceptors (Lipinski definition) is 3. The second-order valence-corrected chi connectivity index (χ2v) is 3.61. The van der Waals surface area contributed by atoms with Crippen LogP contribution in [0.15, 0.2) is 18.6 Å². The number of nitrogens with one attached hydrogen (secondary N) is 1. The molecule has 3 nitrogen and oxygen atoms in total. The van der Waals surface area contributed by atoms with Gasteiger partial charge in [0.1, 0.15) is 0 Å². The van der Waals surface area contributed by atoms with Crippen molar-refractivity contribution in [2.75, 3.05) is 13.1 Å². The summed E-state index contributed by atoms with van der Waals surface area (Å²) in [5.74, 6) is 0.755. The first-order chi connectivity index (χ1) is 6.45. The Labute approximate surface area is 78.6 Å². The Balaban J connectivity index is 1.90. The van der Waals surface area contributed by atoms with Crippen molar-refractivity contribution in [1.29, 1.82) is 0 Å². The first-order valence-corrected chi connectivity index (χ1v) is 4.91. The van der Waals surface area contributed by atoms with Crippen molar-refractivity contribution in [2.45, 2.75) is 19.3 Å². The van der Waals surface area contributed by atoms with Crippen LogP contribution in [0.2, 0.25) is 0 Å². The lowest BCUT2D eigenvalue weighted by Gasteiger charge is -2.21. The Morgan fingerprint density at radius 2 is 2.46 bits per heavy atom. The van der Waals surface area contributed by atoms with Crippen LogP contribution in [0.1, 0.15) is 18.5 Å². The van der Waals surface area contributed by atoms with Crippen LogP contribution in [0.25, 0.3) is 0 Å². The van der Waals surface area contributed by atoms with Gasteiger partial charge in [-0.05, 0) is 38.3 Å². The Kier molecular flexibility index (Phi) is 2.87. The van der Waals surface area contributed by atoms with Crippen molar-refractivity contribution < 1.29 is 0 Å². The van der Waals surface area contributed by atoms with Crippen molar-refractivity contribution in [1.82, 2.24) is 15.3 Å². The zero-order valence-corrected chi connectivity index (χ0v) is 7.74. The summed E-state index contributed by atoms with van der Waals surface area (Å²) in [6, 6.07) is 0. The molecule has 1 fully saturated rings. The van der Waals surface area contributed by atoms with E-state index in [9.17, 15) is 0 Å². The summed E-state index contributed by atoms with van der Waals surface area (Å²) in [6.07, 6.45) is 9.05. The first-order valence-electron chi connectivity index (χ1n) is 4.91. The third-order valence-corrected chi connectivity index (χ3v) is 2.51. The Bertz CT molecular complexity index is 242. The molecule has 1 unspecified atom stereocenters. The summed E-state index contributed by atoms with van der Waals surface area (Å²) < 4.78 is 0. The molecule has 1 aromatic rings. The topological polar surface area (TPSA) is 37.8 Å². The molecule has 1 aliphatic rings. The Morgan fingerprint density at radius 1 is 1.46 bits per heavy atom. The van der Waals surface area contributed by atoms with E-state index in [1.54, 1.807) is 12.4 Å². The fourth-order valence-electron chi connectivity index (χ4n) is 1.83. The van der Waals surface area contributed by atoms with E-state index in [0.29, 0.717) is 0 Å². The van der Waals surface area contributed by atoms with Gasteiger partial charge in [0, 0.05) is 18.6 Å². The molecule has 70 valence electrons. The number of piperidine rings is 1. The molecule has 1 aromatic heterocycles. The van der Waals surface area contributed by atoms with E-state index in [-0.39, 0.29) is 0 Å². The van der Waals surface area contributed by atoms with E-state index in [1.165, 1.54) is 19.4 Å². The van der Waals surface area contributed by atoms with E-state index in [1.807, 2.05) is 6.20 Å². The van der Waals surface area contributed by atoms with E-state index >= 15 is 0 Å². The standard InChI is InChI=1S/C10H15N3/c1-2-9(7-11-3-1)6-10-8-12-4-5-13-10/h4-5,8-9,11H,1-3,6-7H2. The zero-order valence-electron chi connectivity index (χ0n) is 7.74. The second-order valence-electron chi connectivity index (χ2n) is 3.61. The highest BCUT2D eigenvalue weighted by Gasteiger charge is 2.13. The van der Waals surface area contributed by atoms with Crippen molar-refractivity contribution in [3.8, 4) is 0 Å². The summed E-state index contributed by atoms with van der Waals surface area (Å²) in [7, 11) is 0. The van der Waals surface area contributed by atoms with Crippen LogP contribution in [-0.2, 0) is 6.42 Å². The fraction of sp³-hybridized carbons (Fsp3) is 0.600. The van der Waals surface area contributed by atoms with E-state index in [2.05, 4.69) is 15.3 Å². The summed E-state index contributed by atoms with van der Waals surface area (Å²) in [4.78, 5) is 8.35. The molecule has 0 radical (unpaired) electrons. The highest BCUT2D eigenvalue weighted by Crippen LogP contribution is 2.14. The highest BCUT2D eigenvalue weighted by molar-refractivity contribution is 4.96.